The Morgan fingerprint density at radius 2 is 2.24 bits per heavy atom. The first-order valence-corrected chi connectivity index (χ1v) is 5.71. The molecule has 0 saturated carbocycles. The minimum Gasteiger partial charge on any atom is -0.385 e. The van der Waals surface area contributed by atoms with Crippen LogP contribution in [0.4, 0.5) is 11.4 Å². The smallest absolute Gasteiger partial charge is 0.271 e. The molecule has 1 N–H and O–H groups in total. The average Bonchev–Trinajstić information content (AvgIpc) is 2.30. The summed E-state index contributed by atoms with van der Waals surface area (Å²) in [5.41, 5.74) is 1.94. The number of anilines is 1. The number of benzene rings is 1. The molecule has 5 nitrogen and oxygen atoms in total. The molecule has 0 radical (unpaired) electrons. The highest BCUT2D eigenvalue weighted by molar-refractivity contribution is 5.56. The van der Waals surface area contributed by atoms with Crippen LogP contribution in [0.25, 0.3) is 0 Å². The highest BCUT2D eigenvalue weighted by Crippen LogP contribution is 2.21. The maximum Gasteiger partial charge on any atom is 0.271 e. The molecule has 0 spiro atoms. The Morgan fingerprint density at radius 1 is 1.47 bits per heavy atom. The molecule has 0 aliphatic rings. The molecule has 1 rings (SSSR count). The maximum atomic E-state index is 10.6. The Labute approximate surface area is 101 Å². The van der Waals surface area contributed by atoms with Crippen LogP contribution in [-0.2, 0) is 4.74 Å². The van der Waals surface area contributed by atoms with Gasteiger partial charge in [0.05, 0.1) is 4.92 Å². The van der Waals surface area contributed by atoms with Gasteiger partial charge in [0, 0.05) is 37.6 Å². The second-order valence-electron chi connectivity index (χ2n) is 3.73. The van der Waals surface area contributed by atoms with Gasteiger partial charge >= 0.3 is 0 Å². The van der Waals surface area contributed by atoms with Crippen LogP contribution in [0.15, 0.2) is 18.2 Å². The molecular weight excluding hydrogens is 220 g/mol. The molecular formula is C12H18N2O3. The van der Waals surface area contributed by atoms with Crippen molar-refractivity contribution in [2.24, 2.45) is 0 Å². The number of rotatable bonds is 7. The minimum absolute atomic E-state index is 0.114. The molecule has 1 aromatic carbocycles. The van der Waals surface area contributed by atoms with Crippen molar-refractivity contribution in [2.45, 2.75) is 20.3 Å². The Balaban J connectivity index is 2.51. The van der Waals surface area contributed by atoms with Crippen molar-refractivity contribution in [1.82, 2.24) is 0 Å². The van der Waals surface area contributed by atoms with Gasteiger partial charge < -0.3 is 10.1 Å². The number of nitro groups is 1. The highest BCUT2D eigenvalue weighted by Gasteiger charge is 2.07. The average molecular weight is 238 g/mol. The van der Waals surface area contributed by atoms with Crippen molar-refractivity contribution in [1.29, 1.82) is 0 Å². The number of aryl methyl sites for hydroxylation is 1. The Hall–Kier alpha value is -1.62. The SMILES string of the molecule is CCOCCCNc1cc([N+](=O)[O-])ccc1C. The maximum absolute atomic E-state index is 10.6. The monoisotopic (exact) mass is 238 g/mol. The van der Waals surface area contributed by atoms with Crippen LogP contribution in [0.1, 0.15) is 18.9 Å². The second kappa shape index (κ2) is 6.85. The number of nitrogens with zero attached hydrogens (tertiary/aromatic N) is 1. The van der Waals surface area contributed by atoms with Gasteiger partial charge in [0.1, 0.15) is 0 Å². The van der Waals surface area contributed by atoms with Crippen molar-refractivity contribution in [3.05, 3.63) is 33.9 Å². The van der Waals surface area contributed by atoms with Gasteiger partial charge in [-0.05, 0) is 25.8 Å². The third-order valence-corrected chi connectivity index (χ3v) is 2.42. The van der Waals surface area contributed by atoms with E-state index < -0.39 is 0 Å². The van der Waals surface area contributed by atoms with E-state index in [1.165, 1.54) is 6.07 Å². The summed E-state index contributed by atoms with van der Waals surface area (Å²) in [4.78, 5) is 10.3. The molecule has 0 heterocycles. The zero-order valence-electron chi connectivity index (χ0n) is 10.2. The van der Waals surface area contributed by atoms with E-state index in [0.717, 1.165) is 30.8 Å². The summed E-state index contributed by atoms with van der Waals surface area (Å²) in [6.45, 7) is 6.06. The summed E-state index contributed by atoms with van der Waals surface area (Å²) in [5, 5.41) is 13.8. The highest BCUT2D eigenvalue weighted by atomic mass is 16.6. The van der Waals surface area contributed by atoms with Gasteiger partial charge in [-0.3, -0.25) is 10.1 Å². The number of non-ortho nitro benzene ring substituents is 1. The van der Waals surface area contributed by atoms with Crippen LogP contribution in [0.3, 0.4) is 0 Å². The molecule has 0 bridgehead atoms. The molecule has 0 amide bonds. The normalized spacial score (nSPS) is 10.2. The summed E-state index contributed by atoms with van der Waals surface area (Å²) in [7, 11) is 0. The van der Waals surface area contributed by atoms with Crippen molar-refractivity contribution >= 4 is 11.4 Å². The topological polar surface area (TPSA) is 64.4 Å². The number of ether oxygens (including phenoxy) is 1. The first kappa shape index (κ1) is 13.4. The summed E-state index contributed by atoms with van der Waals surface area (Å²) >= 11 is 0. The van der Waals surface area contributed by atoms with Gasteiger partial charge in [-0.15, -0.1) is 0 Å². The number of hydrogen-bond acceptors (Lipinski definition) is 4. The van der Waals surface area contributed by atoms with E-state index in [9.17, 15) is 10.1 Å². The molecule has 0 unspecified atom stereocenters. The van der Waals surface area contributed by atoms with Gasteiger partial charge in [-0.2, -0.15) is 0 Å². The summed E-state index contributed by atoms with van der Waals surface area (Å²) in [6.07, 6.45) is 0.885. The third-order valence-electron chi connectivity index (χ3n) is 2.42. The zero-order chi connectivity index (χ0) is 12.7. The van der Waals surface area contributed by atoms with Gasteiger partial charge in [-0.25, -0.2) is 0 Å². The fourth-order valence-corrected chi connectivity index (χ4v) is 1.46. The lowest BCUT2D eigenvalue weighted by molar-refractivity contribution is -0.384. The lowest BCUT2D eigenvalue weighted by atomic mass is 10.2. The molecule has 0 fully saturated rings. The van der Waals surface area contributed by atoms with E-state index in [2.05, 4.69) is 5.32 Å². The van der Waals surface area contributed by atoms with Crippen molar-refractivity contribution in [3.63, 3.8) is 0 Å². The largest absolute Gasteiger partial charge is 0.385 e. The predicted octanol–water partition coefficient (Wildman–Crippen LogP) is 2.74. The van der Waals surface area contributed by atoms with Crippen LogP contribution >= 0.6 is 0 Å². The van der Waals surface area contributed by atoms with Gasteiger partial charge in [0.15, 0.2) is 0 Å². The zero-order valence-corrected chi connectivity index (χ0v) is 10.2. The first-order chi connectivity index (χ1) is 8.15. The minimum atomic E-state index is -0.384. The van der Waals surface area contributed by atoms with Crippen LogP contribution in [-0.4, -0.2) is 24.7 Å². The van der Waals surface area contributed by atoms with Gasteiger partial charge in [0.25, 0.3) is 5.69 Å². The molecule has 94 valence electrons. The van der Waals surface area contributed by atoms with Crippen LogP contribution < -0.4 is 5.32 Å². The Bertz CT molecular complexity index is 380. The molecule has 1 aromatic rings. The van der Waals surface area contributed by atoms with Gasteiger partial charge in [0.2, 0.25) is 0 Å². The van der Waals surface area contributed by atoms with E-state index in [1.807, 2.05) is 13.8 Å². The van der Waals surface area contributed by atoms with E-state index >= 15 is 0 Å². The quantitative estimate of drug-likeness (QED) is 0.450. The van der Waals surface area contributed by atoms with Crippen molar-refractivity contribution in [3.8, 4) is 0 Å². The molecule has 0 aliphatic carbocycles. The van der Waals surface area contributed by atoms with E-state index in [0.29, 0.717) is 6.61 Å². The molecule has 0 aromatic heterocycles. The van der Waals surface area contributed by atoms with E-state index in [-0.39, 0.29) is 10.6 Å². The number of nitro benzene ring substituents is 1. The van der Waals surface area contributed by atoms with E-state index in [1.54, 1.807) is 12.1 Å². The van der Waals surface area contributed by atoms with Crippen LogP contribution in [0, 0.1) is 17.0 Å². The lowest BCUT2D eigenvalue weighted by Crippen LogP contribution is -2.07. The standard InChI is InChI=1S/C12H18N2O3/c1-3-17-8-4-7-13-12-9-11(14(15)16)6-5-10(12)2/h5-6,9,13H,3-4,7-8H2,1-2H3. The fraction of sp³-hybridized carbons (Fsp3) is 0.500. The third kappa shape index (κ3) is 4.40. The molecule has 17 heavy (non-hydrogen) atoms. The summed E-state index contributed by atoms with van der Waals surface area (Å²) < 4.78 is 5.22. The number of hydrogen-bond donors (Lipinski definition) is 1. The first-order valence-electron chi connectivity index (χ1n) is 5.71. The fourth-order valence-electron chi connectivity index (χ4n) is 1.46. The number of nitrogens with one attached hydrogen (secondary N) is 1. The Kier molecular flexibility index (Phi) is 5.42. The molecule has 0 atom stereocenters. The molecule has 0 aliphatic heterocycles. The van der Waals surface area contributed by atoms with E-state index in [4.69, 9.17) is 4.74 Å². The predicted molar refractivity (Wildman–Crippen MR) is 67.4 cm³/mol. The van der Waals surface area contributed by atoms with Crippen molar-refractivity contribution in [2.75, 3.05) is 25.1 Å². The van der Waals surface area contributed by atoms with Crippen molar-refractivity contribution < 1.29 is 9.66 Å². The molecule has 0 saturated heterocycles. The van der Waals surface area contributed by atoms with Crippen LogP contribution in [0.5, 0.6) is 0 Å². The van der Waals surface area contributed by atoms with Crippen LogP contribution in [0.2, 0.25) is 0 Å². The second-order valence-corrected chi connectivity index (χ2v) is 3.73. The Morgan fingerprint density at radius 3 is 2.88 bits per heavy atom. The van der Waals surface area contributed by atoms with Gasteiger partial charge in [-0.1, -0.05) is 6.07 Å². The summed E-state index contributed by atoms with van der Waals surface area (Å²) in [6, 6.07) is 4.83. The summed E-state index contributed by atoms with van der Waals surface area (Å²) in [5.74, 6) is 0. The lowest BCUT2D eigenvalue weighted by Gasteiger charge is -2.09. The molecule has 5 heteroatoms.